The molecule has 1 aromatic heterocycles. The molecule has 0 aliphatic rings. The number of alkyl halides is 1. The number of aryl methyl sites for hydroxylation is 1. The fourth-order valence-electron chi connectivity index (χ4n) is 2.39. The molecule has 2 aromatic carbocycles. The Morgan fingerprint density at radius 2 is 2.10 bits per heavy atom. The van der Waals surface area contributed by atoms with E-state index in [4.69, 9.17) is 11.6 Å². The van der Waals surface area contributed by atoms with Crippen LogP contribution < -0.4 is 0 Å². The van der Waals surface area contributed by atoms with Crippen LogP contribution >= 0.6 is 27.5 Å². The van der Waals surface area contributed by atoms with E-state index in [-0.39, 0.29) is 5.88 Å². The average molecular weight is 361 g/mol. The molecular weight excluding hydrogens is 350 g/mol. The van der Waals surface area contributed by atoms with Gasteiger partial charge in [-0.05, 0) is 42.8 Å². The van der Waals surface area contributed by atoms with Crippen molar-refractivity contribution in [3.63, 3.8) is 0 Å². The zero-order valence-electron chi connectivity index (χ0n) is 11.3. The van der Waals surface area contributed by atoms with Crippen LogP contribution in [0.15, 0.2) is 40.9 Å². The number of nitrogens with zero attached hydrogens (tertiary/aromatic N) is 3. The van der Waals surface area contributed by atoms with Gasteiger partial charge in [-0.3, -0.25) is 4.57 Å². The summed E-state index contributed by atoms with van der Waals surface area (Å²) in [6, 6.07) is 13.9. The monoisotopic (exact) mass is 359 g/mol. The molecule has 0 bridgehead atoms. The second-order valence-corrected chi connectivity index (χ2v) is 5.95. The summed E-state index contributed by atoms with van der Waals surface area (Å²) in [7, 11) is 0. The van der Waals surface area contributed by atoms with E-state index in [1.54, 1.807) is 6.07 Å². The van der Waals surface area contributed by atoms with E-state index in [9.17, 15) is 5.26 Å². The average Bonchev–Trinajstić information content (AvgIpc) is 2.84. The van der Waals surface area contributed by atoms with E-state index in [0.717, 1.165) is 32.6 Å². The number of benzene rings is 2. The van der Waals surface area contributed by atoms with Crippen molar-refractivity contribution in [2.75, 3.05) is 0 Å². The van der Waals surface area contributed by atoms with Gasteiger partial charge in [-0.25, -0.2) is 4.98 Å². The highest BCUT2D eigenvalue weighted by atomic mass is 79.9. The molecule has 3 rings (SSSR count). The number of aromatic nitrogens is 2. The van der Waals surface area contributed by atoms with Crippen molar-refractivity contribution in [3.8, 4) is 11.8 Å². The number of hydrogen-bond acceptors (Lipinski definition) is 2. The summed E-state index contributed by atoms with van der Waals surface area (Å²) in [6.07, 6.45) is 0. The number of hydrogen-bond donors (Lipinski definition) is 0. The van der Waals surface area contributed by atoms with Gasteiger partial charge >= 0.3 is 0 Å². The molecule has 0 aliphatic heterocycles. The molecule has 21 heavy (non-hydrogen) atoms. The lowest BCUT2D eigenvalue weighted by atomic mass is 10.1. The van der Waals surface area contributed by atoms with E-state index in [1.807, 2.05) is 41.8 Å². The summed E-state index contributed by atoms with van der Waals surface area (Å²) in [6.45, 7) is 2.03. The molecule has 1 heterocycles. The zero-order valence-corrected chi connectivity index (χ0v) is 13.6. The summed E-state index contributed by atoms with van der Waals surface area (Å²) in [5.74, 6) is 1.02. The standard InChI is InChI=1S/C16H11BrClN3/c1-10-2-4-15-13(6-10)20-16(8-18)21(15)14-5-3-12(17)7-11(14)9-19/h2-7H,8H2,1H3. The number of fused-ring (bicyclic) bond motifs is 1. The van der Waals surface area contributed by atoms with Gasteiger partial charge in [0.1, 0.15) is 11.9 Å². The minimum absolute atomic E-state index is 0.286. The van der Waals surface area contributed by atoms with E-state index >= 15 is 0 Å². The molecule has 0 atom stereocenters. The van der Waals surface area contributed by atoms with Crippen LogP contribution in [-0.4, -0.2) is 9.55 Å². The molecule has 0 saturated carbocycles. The molecule has 0 saturated heterocycles. The SMILES string of the molecule is Cc1ccc2c(c1)nc(CCl)n2-c1ccc(Br)cc1C#N. The van der Waals surface area contributed by atoms with Gasteiger partial charge in [0.2, 0.25) is 0 Å². The van der Waals surface area contributed by atoms with E-state index < -0.39 is 0 Å². The molecule has 0 radical (unpaired) electrons. The topological polar surface area (TPSA) is 41.6 Å². The van der Waals surface area contributed by atoms with Crippen LogP contribution in [0.3, 0.4) is 0 Å². The van der Waals surface area contributed by atoms with Gasteiger partial charge in [0.05, 0.1) is 28.2 Å². The van der Waals surface area contributed by atoms with Crippen LogP contribution in [0.5, 0.6) is 0 Å². The third-order valence-electron chi connectivity index (χ3n) is 3.32. The summed E-state index contributed by atoms with van der Waals surface area (Å²) in [4.78, 5) is 4.58. The van der Waals surface area contributed by atoms with E-state index in [1.165, 1.54) is 0 Å². The van der Waals surface area contributed by atoms with Crippen LogP contribution in [0, 0.1) is 18.3 Å². The van der Waals surface area contributed by atoms with Gasteiger partial charge in [-0.2, -0.15) is 5.26 Å². The minimum Gasteiger partial charge on any atom is -0.294 e. The Hall–Kier alpha value is -1.83. The molecule has 0 unspecified atom stereocenters. The number of halogens is 2. The first-order valence-electron chi connectivity index (χ1n) is 6.38. The number of nitriles is 1. The molecular formula is C16H11BrClN3. The fraction of sp³-hybridized carbons (Fsp3) is 0.125. The lowest BCUT2D eigenvalue weighted by Crippen LogP contribution is -2.02. The lowest BCUT2D eigenvalue weighted by Gasteiger charge is -2.10. The molecule has 0 aliphatic carbocycles. The van der Waals surface area contributed by atoms with Gasteiger partial charge in [-0.15, -0.1) is 11.6 Å². The molecule has 0 N–H and O–H groups in total. The van der Waals surface area contributed by atoms with Gasteiger partial charge in [0.15, 0.2) is 0 Å². The highest BCUT2D eigenvalue weighted by molar-refractivity contribution is 9.10. The third-order valence-corrected chi connectivity index (χ3v) is 4.05. The van der Waals surface area contributed by atoms with Crippen molar-refractivity contribution in [3.05, 3.63) is 57.8 Å². The Bertz CT molecular complexity index is 877. The van der Waals surface area contributed by atoms with Gasteiger partial charge in [0, 0.05) is 4.47 Å². The molecule has 104 valence electrons. The van der Waals surface area contributed by atoms with Crippen LogP contribution in [-0.2, 0) is 5.88 Å². The van der Waals surface area contributed by atoms with Gasteiger partial charge < -0.3 is 0 Å². The van der Waals surface area contributed by atoms with Gasteiger partial charge in [-0.1, -0.05) is 22.0 Å². The maximum Gasteiger partial charge on any atom is 0.129 e. The third kappa shape index (κ3) is 2.44. The van der Waals surface area contributed by atoms with E-state index in [0.29, 0.717) is 5.56 Å². The molecule has 3 nitrogen and oxygen atoms in total. The highest BCUT2D eigenvalue weighted by Gasteiger charge is 2.14. The van der Waals surface area contributed by atoms with Crippen LogP contribution in [0.2, 0.25) is 0 Å². The quantitative estimate of drug-likeness (QED) is 0.621. The maximum absolute atomic E-state index is 9.38. The summed E-state index contributed by atoms with van der Waals surface area (Å²) in [5.41, 5.74) is 4.36. The predicted octanol–water partition coefficient (Wildman–Crippen LogP) is 4.71. The van der Waals surface area contributed by atoms with Crippen LogP contribution in [0.25, 0.3) is 16.7 Å². The Morgan fingerprint density at radius 3 is 2.81 bits per heavy atom. The minimum atomic E-state index is 0.286. The van der Waals surface area contributed by atoms with Crippen LogP contribution in [0.4, 0.5) is 0 Å². The second kappa shape index (κ2) is 5.51. The maximum atomic E-state index is 9.38. The Kier molecular flexibility index (Phi) is 3.71. The fourth-order valence-corrected chi connectivity index (χ4v) is 2.93. The highest BCUT2D eigenvalue weighted by Crippen LogP contribution is 2.27. The molecule has 3 aromatic rings. The number of rotatable bonds is 2. The molecule has 0 amide bonds. The van der Waals surface area contributed by atoms with Crippen molar-refractivity contribution in [1.29, 1.82) is 5.26 Å². The first-order valence-corrected chi connectivity index (χ1v) is 7.71. The van der Waals surface area contributed by atoms with Crippen molar-refractivity contribution in [1.82, 2.24) is 9.55 Å². The molecule has 5 heteroatoms. The Labute approximate surface area is 135 Å². The second-order valence-electron chi connectivity index (χ2n) is 4.76. The van der Waals surface area contributed by atoms with Crippen molar-refractivity contribution in [2.24, 2.45) is 0 Å². The number of imidazole rings is 1. The predicted molar refractivity (Wildman–Crippen MR) is 87.8 cm³/mol. The van der Waals surface area contributed by atoms with Gasteiger partial charge in [0.25, 0.3) is 0 Å². The van der Waals surface area contributed by atoms with Crippen LogP contribution in [0.1, 0.15) is 17.0 Å². The van der Waals surface area contributed by atoms with Crippen molar-refractivity contribution in [2.45, 2.75) is 12.8 Å². The lowest BCUT2D eigenvalue weighted by molar-refractivity contribution is 0.978. The normalized spacial score (nSPS) is 10.8. The summed E-state index contributed by atoms with van der Waals surface area (Å²) >= 11 is 9.44. The first kappa shape index (κ1) is 14.1. The molecule has 0 fully saturated rings. The first-order chi connectivity index (χ1) is 10.1. The van der Waals surface area contributed by atoms with E-state index in [2.05, 4.69) is 27.0 Å². The zero-order chi connectivity index (χ0) is 15.0. The largest absolute Gasteiger partial charge is 0.294 e. The smallest absolute Gasteiger partial charge is 0.129 e. The Balaban J connectivity index is 2.37. The molecule has 0 spiro atoms. The summed E-state index contributed by atoms with van der Waals surface area (Å²) in [5, 5.41) is 9.38. The summed E-state index contributed by atoms with van der Waals surface area (Å²) < 4.78 is 2.82. The Morgan fingerprint density at radius 1 is 1.29 bits per heavy atom. The van der Waals surface area contributed by atoms with Crippen molar-refractivity contribution < 1.29 is 0 Å². The van der Waals surface area contributed by atoms with Crippen molar-refractivity contribution >= 4 is 38.6 Å².